The Labute approximate surface area is 196 Å². The molecule has 8 nitrogen and oxygen atoms in total. The fraction of sp³-hybridized carbons (Fsp3) is 0.520. The molecule has 1 aromatic heterocycles. The first-order chi connectivity index (χ1) is 16.2. The third kappa shape index (κ3) is 6.22. The number of nitrogens with two attached hydrogens (primary N) is 1. The molecule has 0 spiro atoms. The van der Waals surface area contributed by atoms with Gasteiger partial charge in [-0.25, -0.2) is 9.98 Å². The van der Waals surface area contributed by atoms with Crippen molar-refractivity contribution in [1.29, 1.82) is 0 Å². The van der Waals surface area contributed by atoms with E-state index in [0.717, 1.165) is 67.7 Å². The molecule has 1 saturated heterocycles. The van der Waals surface area contributed by atoms with E-state index in [1.54, 1.807) is 7.11 Å². The summed E-state index contributed by atoms with van der Waals surface area (Å²) < 4.78 is 7.91. The highest BCUT2D eigenvalue weighted by molar-refractivity contribution is 5.80. The van der Waals surface area contributed by atoms with Gasteiger partial charge in [-0.2, -0.15) is 0 Å². The highest BCUT2D eigenvalue weighted by Gasteiger charge is 2.14. The van der Waals surface area contributed by atoms with Crippen molar-refractivity contribution in [3.8, 4) is 5.75 Å². The maximum Gasteiger partial charge on any atom is 0.217 e. The van der Waals surface area contributed by atoms with E-state index in [9.17, 15) is 0 Å². The van der Waals surface area contributed by atoms with Crippen molar-refractivity contribution in [2.24, 2.45) is 15.7 Å². The minimum atomic E-state index is -0.179. The molecular formula is C25H37N7O. The van der Waals surface area contributed by atoms with Crippen LogP contribution in [0.25, 0.3) is 6.08 Å². The van der Waals surface area contributed by atoms with Crippen LogP contribution in [-0.4, -0.2) is 61.4 Å². The lowest BCUT2D eigenvalue weighted by molar-refractivity contribution is 0.233. The zero-order valence-electron chi connectivity index (χ0n) is 19.9. The Balaban J connectivity index is 1.57. The van der Waals surface area contributed by atoms with Crippen molar-refractivity contribution >= 4 is 12.0 Å². The van der Waals surface area contributed by atoms with E-state index in [0.29, 0.717) is 12.5 Å². The van der Waals surface area contributed by atoms with Gasteiger partial charge in [0.2, 0.25) is 5.96 Å². The number of aliphatic imine (C=N–C) groups is 1. The number of unbranched alkanes of at least 4 members (excludes halogenated alkanes) is 2. The summed E-state index contributed by atoms with van der Waals surface area (Å²) in [5, 5.41) is 8.79. The van der Waals surface area contributed by atoms with Crippen LogP contribution in [0.15, 0.2) is 40.4 Å². The standard InChI is InChI=1S/C25H37N7O/c1-3-4-5-9-28-24-16-22-21(29-25(26)30-24)8-12-32(22)18-20-15-19(6-7-23(20)33-2)17-31-13-10-27-11-14-31/h6-8,12,15-16,24,27-28H,3-5,9-11,13-14,17-18H2,1-2H3,(H2,26,30). The van der Waals surface area contributed by atoms with Crippen molar-refractivity contribution in [2.45, 2.75) is 45.4 Å². The molecule has 1 fully saturated rings. The van der Waals surface area contributed by atoms with Crippen molar-refractivity contribution in [2.75, 3.05) is 39.8 Å². The molecule has 178 valence electrons. The fourth-order valence-electron chi connectivity index (χ4n) is 4.46. The second kappa shape index (κ2) is 11.4. The number of guanidine groups is 1. The number of ether oxygens (including phenoxy) is 1. The first kappa shape index (κ1) is 23.5. The number of fused-ring (bicyclic) bond motifs is 1. The fourth-order valence-corrected chi connectivity index (χ4v) is 4.46. The third-order valence-corrected chi connectivity index (χ3v) is 6.24. The molecule has 0 amide bonds. The number of aromatic nitrogens is 1. The number of piperazine rings is 1. The summed E-state index contributed by atoms with van der Waals surface area (Å²) in [5.74, 6) is 1.21. The van der Waals surface area contributed by atoms with Crippen LogP contribution < -0.4 is 31.8 Å². The van der Waals surface area contributed by atoms with Gasteiger partial charge in [-0.1, -0.05) is 25.8 Å². The molecule has 4 N–H and O–H groups in total. The molecule has 0 aliphatic carbocycles. The molecule has 33 heavy (non-hydrogen) atoms. The number of nitrogens with zero attached hydrogens (tertiary/aromatic N) is 4. The Morgan fingerprint density at radius 3 is 2.82 bits per heavy atom. The largest absolute Gasteiger partial charge is 0.496 e. The molecule has 0 bridgehead atoms. The lowest BCUT2D eigenvalue weighted by Crippen LogP contribution is -2.42. The average Bonchev–Trinajstić information content (AvgIpc) is 3.09. The Kier molecular flexibility index (Phi) is 8.15. The molecule has 4 rings (SSSR count). The van der Waals surface area contributed by atoms with Crippen LogP contribution in [0.2, 0.25) is 0 Å². The molecule has 0 saturated carbocycles. The zero-order chi connectivity index (χ0) is 23.0. The number of hydrogen-bond donors (Lipinski definition) is 3. The van der Waals surface area contributed by atoms with E-state index < -0.39 is 0 Å². The third-order valence-electron chi connectivity index (χ3n) is 6.24. The average molecular weight is 452 g/mol. The SMILES string of the molecule is CCCCCNC1C=c2c(ccn2Cc2cc(CN3CCNCC3)ccc2OC)=NC(N)=N1. The molecule has 2 aromatic rings. The van der Waals surface area contributed by atoms with Crippen LogP contribution in [0.5, 0.6) is 5.75 Å². The van der Waals surface area contributed by atoms with E-state index in [1.165, 1.54) is 18.4 Å². The smallest absolute Gasteiger partial charge is 0.217 e. The Morgan fingerprint density at radius 2 is 2.03 bits per heavy atom. The predicted octanol–water partition coefficient (Wildman–Crippen LogP) is 0.785. The van der Waals surface area contributed by atoms with E-state index in [-0.39, 0.29) is 6.17 Å². The summed E-state index contributed by atoms with van der Waals surface area (Å²) in [6, 6.07) is 8.53. The van der Waals surface area contributed by atoms with Gasteiger partial charge >= 0.3 is 0 Å². The van der Waals surface area contributed by atoms with Gasteiger partial charge in [0.15, 0.2) is 0 Å². The molecule has 0 radical (unpaired) electrons. The highest BCUT2D eigenvalue weighted by atomic mass is 16.5. The van der Waals surface area contributed by atoms with Crippen LogP contribution in [0.4, 0.5) is 0 Å². The van der Waals surface area contributed by atoms with Crippen molar-refractivity contribution in [3.63, 3.8) is 0 Å². The monoisotopic (exact) mass is 451 g/mol. The number of rotatable bonds is 10. The van der Waals surface area contributed by atoms with Gasteiger partial charge in [-0.15, -0.1) is 0 Å². The van der Waals surface area contributed by atoms with Crippen LogP contribution >= 0.6 is 0 Å². The van der Waals surface area contributed by atoms with E-state index in [4.69, 9.17) is 10.5 Å². The first-order valence-electron chi connectivity index (χ1n) is 12.1. The molecule has 8 heteroatoms. The minimum Gasteiger partial charge on any atom is -0.496 e. The highest BCUT2D eigenvalue weighted by Crippen LogP contribution is 2.21. The Hall–Kier alpha value is -2.68. The summed E-state index contributed by atoms with van der Waals surface area (Å²) in [4.78, 5) is 11.6. The summed E-state index contributed by atoms with van der Waals surface area (Å²) in [6.07, 6.45) is 7.54. The van der Waals surface area contributed by atoms with Gasteiger partial charge in [0.05, 0.1) is 24.4 Å². The lowest BCUT2D eigenvalue weighted by atomic mass is 10.1. The maximum absolute atomic E-state index is 6.07. The second-order valence-corrected chi connectivity index (χ2v) is 8.76. The molecule has 1 atom stereocenters. The predicted molar refractivity (Wildman–Crippen MR) is 133 cm³/mol. The molecule has 1 aromatic carbocycles. The first-order valence-corrected chi connectivity index (χ1v) is 12.1. The van der Waals surface area contributed by atoms with Crippen LogP contribution in [0, 0.1) is 0 Å². The molecular weight excluding hydrogens is 414 g/mol. The van der Waals surface area contributed by atoms with Crippen LogP contribution in [-0.2, 0) is 13.1 Å². The topological polar surface area (TPSA) is 92.2 Å². The van der Waals surface area contributed by atoms with Gasteiger partial charge in [-0.05, 0) is 42.8 Å². The maximum atomic E-state index is 6.07. The van der Waals surface area contributed by atoms with E-state index in [2.05, 4.69) is 67.5 Å². The van der Waals surface area contributed by atoms with Crippen molar-refractivity contribution in [3.05, 3.63) is 52.3 Å². The molecule has 2 aliphatic rings. The quantitative estimate of drug-likeness (QED) is 0.465. The number of benzene rings is 1. The summed E-state index contributed by atoms with van der Waals surface area (Å²) in [6.45, 7) is 9.03. The van der Waals surface area contributed by atoms with Gasteiger partial charge < -0.3 is 20.4 Å². The van der Waals surface area contributed by atoms with Gasteiger partial charge in [0.25, 0.3) is 0 Å². The molecule has 3 heterocycles. The lowest BCUT2D eigenvalue weighted by Gasteiger charge is -2.27. The second-order valence-electron chi connectivity index (χ2n) is 8.76. The van der Waals surface area contributed by atoms with Crippen molar-refractivity contribution < 1.29 is 4.74 Å². The van der Waals surface area contributed by atoms with Gasteiger partial charge in [-0.3, -0.25) is 10.2 Å². The van der Waals surface area contributed by atoms with Crippen molar-refractivity contribution in [1.82, 2.24) is 20.1 Å². The minimum absolute atomic E-state index is 0.179. The van der Waals surface area contributed by atoms with Gasteiger partial charge in [0, 0.05) is 44.5 Å². The number of methoxy groups -OCH3 is 1. The van der Waals surface area contributed by atoms with Crippen LogP contribution in [0.3, 0.4) is 0 Å². The zero-order valence-corrected chi connectivity index (χ0v) is 19.9. The number of hydrogen-bond acceptors (Lipinski definition) is 7. The summed E-state index contributed by atoms with van der Waals surface area (Å²) in [7, 11) is 1.73. The Bertz CT molecular complexity index is 1070. The summed E-state index contributed by atoms with van der Waals surface area (Å²) >= 11 is 0. The molecule has 1 unspecified atom stereocenters. The Morgan fingerprint density at radius 1 is 1.18 bits per heavy atom. The van der Waals surface area contributed by atoms with E-state index >= 15 is 0 Å². The van der Waals surface area contributed by atoms with Gasteiger partial charge in [0.1, 0.15) is 11.9 Å². The van der Waals surface area contributed by atoms with E-state index in [1.807, 2.05) is 6.07 Å². The normalized spacial score (nSPS) is 18.6. The van der Waals surface area contributed by atoms with Crippen LogP contribution in [0.1, 0.15) is 37.3 Å². The molecule has 2 aliphatic heterocycles. The summed E-state index contributed by atoms with van der Waals surface area (Å²) in [5.41, 5.74) is 8.53. The number of nitrogens with one attached hydrogen (secondary N) is 2.